The second-order valence-electron chi connectivity index (χ2n) is 4.57. The molecule has 0 aromatic rings. The fraction of sp³-hybridized carbons (Fsp3) is 1.00. The summed E-state index contributed by atoms with van der Waals surface area (Å²) in [6.45, 7) is 7.62. The molecule has 0 aromatic carbocycles. The molecule has 2 aliphatic heterocycles. The molecule has 2 aliphatic rings. The van der Waals surface area contributed by atoms with E-state index in [0.717, 1.165) is 25.8 Å². The molecule has 1 N–H and O–H groups in total. The van der Waals surface area contributed by atoms with Crippen molar-refractivity contribution in [3.8, 4) is 0 Å². The van der Waals surface area contributed by atoms with Gasteiger partial charge >= 0.3 is 0 Å². The molecule has 0 radical (unpaired) electrons. The van der Waals surface area contributed by atoms with E-state index in [-0.39, 0.29) is 0 Å². The van der Waals surface area contributed by atoms with Gasteiger partial charge in [-0.25, -0.2) is 0 Å². The lowest BCUT2D eigenvalue weighted by Crippen LogP contribution is -2.51. The first-order chi connectivity index (χ1) is 6.86. The molecule has 0 amide bonds. The van der Waals surface area contributed by atoms with Crippen molar-refractivity contribution in [2.75, 3.05) is 32.8 Å². The molecule has 2 atom stereocenters. The second-order valence-corrected chi connectivity index (χ2v) is 4.57. The fourth-order valence-electron chi connectivity index (χ4n) is 2.40. The van der Waals surface area contributed by atoms with Crippen molar-refractivity contribution in [1.29, 1.82) is 0 Å². The highest BCUT2D eigenvalue weighted by atomic mass is 16.5. The summed E-state index contributed by atoms with van der Waals surface area (Å²) in [6.07, 6.45) is 4.11. The molecule has 0 saturated carbocycles. The molecule has 0 spiro atoms. The average molecular weight is 198 g/mol. The largest absolute Gasteiger partial charge is 0.379 e. The van der Waals surface area contributed by atoms with E-state index in [1.165, 1.54) is 32.4 Å². The predicted octanol–water partition coefficient (Wildman–Crippen LogP) is 0.849. The van der Waals surface area contributed by atoms with Crippen LogP contribution in [0.1, 0.15) is 26.2 Å². The third-order valence-electron chi connectivity index (χ3n) is 3.37. The third kappa shape index (κ3) is 2.69. The molecule has 82 valence electrons. The van der Waals surface area contributed by atoms with E-state index >= 15 is 0 Å². The van der Waals surface area contributed by atoms with Gasteiger partial charge in [-0.3, -0.25) is 4.90 Å². The number of ether oxygens (including phenoxy) is 1. The SMILES string of the molecule is CC1COCCN1CC1CCCCN1. The third-order valence-corrected chi connectivity index (χ3v) is 3.37. The number of piperidine rings is 1. The van der Waals surface area contributed by atoms with Crippen LogP contribution in [0.3, 0.4) is 0 Å². The molecule has 2 heterocycles. The van der Waals surface area contributed by atoms with Gasteiger partial charge in [0, 0.05) is 25.2 Å². The van der Waals surface area contributed by atoms with Gasteiger partial charge in [0.2, 0.25) is 0 Å². The van der Waals surface area contributed by atoms with Crippen LogP contribution in [-0.2, 0) is 4.74 Å². The van der Waals surface area contributed by atoms with Gasteiger partial charge in [0.05, 0.1) is 13.2 Å². The van der Waals surface area contributed by atoms with Crippen LogP contribution >= 0.6 is 0 Å². The normalized spacial score (nSPS) is 35.8. The molecule has 3 nitrogen and oxygen atoms in total. The Morgan fingerprint density at radius 2 is 2.36 bits per heavy atom. The van der Waals surface area contributed by atoms with E-state index in [1.54, 1.807) is 0 Å². The van der Waals surface area contributed by atoms with Crippen LogP contribution in [-0.4, -0.2) is 49.8 Å². The van der Waals surface area contributed by atoms with Gasteiger partial charge in [0.25, 0.3) is 0 Å². The first kappa shape index (κ1) is 10.4. The Balaban J connectivity index is 1.76. The van der Waals surface area contributed by atoms with Gasteiger partial charge in [-0.2, -0.15) is 0 Å². The van der Waals surface area contributed by atoms with Crippen LogP contribution in [0.25, 0.3) is 0 Å². The lowest BCUT2D eigenvalue weighted by Gasteiger charge is -2.37. The number of rotatable bonds is 2. The molecule has 0 bridgehead atoms. The summed E-state index contributed by atoms with van der Waals surface area (Å²) < 4.78 is 5.44. The van der Waals surface area contributed by atoms with Crippen LogP contribution in [0.15, 0.2) is 0 Å². The van der Waals surface area contributed by atoms with Gasteiger partial charge in [-0.1, -0.05) is 6.42 Å². The fourth-order valence-corrected chi connectivity index (χ4v) is 2.40. The van der Waals surface area contributed by atoms with E-state index in [2.05, 4.69) is 17.1 Å². The van der Waals surface area contributed by atoms with Gasteiger partial charge in [0.1, 0.15) is 0 Å². The maximum Gasteiger partial charge on any atom is 0.0619 e. The van der Waals surface area contributed by atoms with E-state index < -0.39 is 0 Å². The molecule has 0 aliphatic carbocycles. The van der Waals surface area contributed by atoms with Crippen LogP contribution in [0.5, 0.6) is 0 Å². The lowest BCUT2D eigenvalue weighted by atomic mass is 10.0. The van der Waals surface area contributed by atoms with E-state index in [1.807, 2.05) is 0 Å². The Hall–Kier alpha value is -0.120. The quantitative estimate of drug-likeness (QED) is 0.712. The molecule has 0 aromatic heterocycles. The van der Waals surface area contributed by atoms with Crippen molar-refractivity contribution in [1.82, 2.24) is 10.2 Å². The van der Waals surface area contributed by atoms with Crippen LogP contribution in [0.2, 0.25) is 0 Å². The predicted molar refractivity (Wildman–Crippen MR) is 57.5 cm³/mol. The lowest BCUT2D eigenvalue weighted by molar-refractivity contribution is -0.00551. The van der Waals surface area contributed by atoms with Crippen molar-refractivity contribution in [3.63, 3.8) is 0 Å². The van der Waals surface area contributed by atoms with Gasteiger partial charge in [0.15, 0.2) is 0 Å². The molecular formula is C11H22N2O. The highest BCUT2D eigenvalue weighted by Gasteiger charge is 2.22. The number of nitrogens with zero attached hydrogens (tertiary/aromatic N) is 1. The average Bonchev–Trinajstić information content (AvgIpc) is 2.23. The van der Waals surface area contributed by atoms with Gasteiger partial charge < -0.3 is 10.1 Å². The topological polar surface area (TPSA) is 24.5 Å². The van der Waals surface area contributed by atoms with Gasteiger partial charge in [-0.15, -0.1) is 0 Å². The molecular weight excluding hydrogens is 176 g/mol. The highest BCUT2D eigenvalue weighted by Crippen LogP contribution is 2.12. The van der Waals surface area contributed by atoms with Crippen LogP contribution < -0.4 is 5.32 Å². The van der Waals surface area contributed by atoms with E-state index in [4.69, 9.17) is 4.74 Å². The van der Waals surface area contributed by atoms with Crippen molar-refractivity contribution < 1.29 is 4.74 Å². The smallest absolute Gasteiger partial charge is 0.0619 e. The Morgan fingerprint density at radius 1 is 1.43 bits per heavy atom. The summed E-state index contributed by atoms with van der Waals surface area (Å²) in [5.74, 6) is 0. The van der Waals surface area contributed by atoms with Gasteiger partial charge in [-0.05, 0) is 26.3 Å². The zero-order valence-corrected chi connectivity index (χ0v) is 9.17. The zero-order chi connectivity index (χ0) is 9.80. The molecule has 2 unspecified atom stereocenters. The maximum atomic E-state index is 5.44. The molecule has 3 heteroatoms. The minimum atomic E-state index is 0.604. The maximum absolute atomic E-state index is 5.44. The monoisotopic (exact) mass is 198 g/mol. The van der Waals surface area contributed by atoms with Crippen molar-refractivity contribution in [3.05, 3.63) is 0 Å². The number of nitrogens with one attached hydrogen (secondary N) is 1. The molecule has 2 fully saturated rings. The summed E-state index contributed by atoms with van der Waals surface area (Å²) in [5, 5.41) is 3.60. The van der Waals surface area contributed by atoms with Crippen molar-refractivity contribution in [2.45, 2.75) is 38.3 Å². The Morgan fingerprint density at radius 3 is 3.07 bits per heavy atom. The molecule has 14 heavy (non-hydrogen) atoms. The Kier molecular flexibility index (Phi) is 3.79. The Bertz CT molecular complexity index is 169. The van der Waals surface area contributed by atoms with E-state index in [9.17, 15) is 0 Å². The number of hydrogen-bond acceptors (Lipinski definition) is 3. The zero-order valence-electron chi connectivity index (χ0n) is 9.17. The summed E-state index contributed by atoms with van der Waals surface area (Å²) in [5.41, 5.74) is 0. The minimum absolute atomic E-state index is 0.604. The van der Waals surface area contributed by atoms with Crippen LogP contribution in [0.4, 0.5) is 0 Å². The van der Waals surface area contributed by atoms with E-state index in [0.29, 0.717) is 6.04 Å². The summed E-state index contributed by atoms with van der Waals surface area (Å²) in [6, 6.07) is 1.33. The second kappa shape index (κ2) is 5.10. The summed E-state index contributed by atoms with van der Waals surface area (Å²) in [4.78, 5) is 2.56. The number of hydrogen-bond donors (Lipinski definition) is 1. The summed E-state index contributed by atoms with van der Waals surface area (Å²) in [7, 11) is 0. The standard InChI is InChI=1S/C11H22N2O/c1-10-9-14-7-6-13(10)8-11-4-2-3-5-12-11/h10-12H,2-9H2,1H3. The number of morpholine rings is 1. The van der Waals surface area contributed by atoms with Crippen molar-refractivity contribution in [2.24, 2.45) is 0 Å². The Labute approximate surface area is 86.8 Å². The van der Waals surface area contributed by atoms with Crippen molar-refractivity contribution >= 4 is 0 Å². The summed E-state index contributed by atoms with van der Waals surface area (Å²) >= 11 is 0. The van der Waals surface area contributed by atoms with Crippen LogP contribution in [0, 0.1) is 0 Å². The minimum Gasteiger partial charge on any atom is -0.379 e. The first-order valence-corrected chi connectivity index (χ1v) is 5.91. The first-order valence-electron chi connectivity index (χ1n) is 5.91. The highest BCUT2D eigenvalue weighted by molar-refractivity contribution is 4.80. The molecule has 2 saturated heterocycles. The molecule has 2 rings (SSSR count).